The van der Waals surface area contributed by atoms with E-state index in [1.54, 1.807) is 31.2 Å². The summed E-state index contributed by atoms with van der Waals surface area (Å²) >= 11 is 0. The molecule has 1 heterocycles. The predicted octanol–water partition coefficient (Wildman–Crippen LogP) is 3.39. The Labute approximate surface area is 172 Å². The van der Waals surface area contributed by atoms with Crippen molar-refractivity contribution >= 4 is 17.5 Å². The molecule has 1 aliphatic rings. The largest absolute Gasteiger partial charge is 0.494 e. The van der Waals surface area contributed by atoms with Crippen LogP contribution in [-0.2, 0) is 11.3 Å². The fourth-order valence-electron chi connectivity index (χ4n) is 3.39. The molecule has 0 saturated carbocycles. The van der Waals surface area contributed by atoms with E-state index in [0.29, 0.717) is 37.4 Å². The molecule has 2 amide bonds. The molecule has 1 aliphatic heterocycles. The fraction of sp³-hybridized carbons (Fsp3) is 0.391. The summed E-state index contributed by atoms with van der Waals surface area (Å²) in [5.41, 5.74) is 2.52. The first kappa shape index (κ1) is 20.9. The van der Waals surface area contributed by atoms with Crippen molar-refractivity contribution < 1.29 is 14.3 Å². The minimum absolute atomic E-state index is 0.0123. The minimum atomic E-state index is -0.0579. The lowest BCUT2D eigenvalue weighted by Gasteiger charge is -2.34. The summed E-state index contributed by atoms with van der Waals surface area (Å²) in [5, 5.41) is 2.81. The monoisotopic (exact) mass is 395 g/mol. The smallest absolute Gasteiger partial charge is 0.254 e. The van der Waals surface area contributed by atoms with Gasteiger partial charge in [-0.1, -0.05) is 25.1 Å². The van der Waals surface area contributed by atoms with Crippen LogP contribution in [0.5, 0.6) is 5.75 Å². The molecule has 6 heteroatoms. The van der Waals surface area contributed by atoms with Crippen LogP contribution in [0.3, 0.4) is 0 Å². The maximum atomic E-state index is 12.9. The SMILES string of the molecule is CCOc1ccc(CN2CCN(C(=O)c3cccc(NC(=O)CC)c3)CC2)cc1. The molecule has 2 aromatic carbocycles. The lowest BCUT2D eigenvalue weighted by atomic mass is 10.1. The number of nitrogens with one attached hydrogen (secondary N) is 1. The summed E-state index contributed by atoms with van der Waals surface area (Å²) in [6.45, 7) is 8.39. The zero-order valence-corrected chi connectivity index (χ0v) is 17.2. The molecule has 6 nitrogen and oxygen atoms in total. The molecule has 0 spiro atoms. The van der Waals surface area contributed by atoms with Gasteiger partial charge in [0.1, 0.15) is 5.75 Å². The van der Waals surface area contributed by atoms with Crippen LogP contribution >= 0.6 is 0 Å². The molecule has 1 saturated heterocycles. The minimum Gasteiger partial charge on any atom is -0.494 e. The van der Waals surface area contributed by atoms with Gasteiger partial charge in [-0.2, -0.15) is 0 Å². The van der Waals surface area contributed by atoms with Crippen molar-refractivity contribution in [3.63, 3.8) is 0 Å². The number of amides is 2. The van der Waals surface area contributed by atoms with Gasteiger partial charge in [-0.3, -0.25) is 14.5 Å². The summed E-state index contributed by atoms with van der Waals surface area (Å²) in [5.74, 6) is 0.847. The summed E-state index contributed by atoms with van der Waals surface area (Å²) < 4.78 is 5.49. The highest BCUT2D eigenvalue weighted by molar-refractivity contribution is 5.97. The molecule has 0 radical (unpaired) electrons. The Kier molecular flexibility index (Phi) is 7.25. The Hall–Kier alpha value is -2.86. The van der Waals surface area contributed by atoms with E-state index in [9.17, 15) is 9.59 Å². The first-order valence-electron chi connectivity index (χ1n) is 10.2. The van der Waals surface area contributed by atoms with Crippen LogP contribution in [0.1, 0.15) is 36.2 Å². The van der Waals surface area contributed by atoms with Crippen LogP contribution in [0.4, 0.5) is 5.69 Å². The second-order valence-electron chi connectivity index (χ2n) is 7.13. The van der Waals surface area contributed by atoms with E-state index in [1.807, 2.05) is 24.0 Å². The molecule has 154 valence electrons. The standard InChI is InChI=1S/C23H29N3O3/c1-3-22(27)24-20-7-5-6-19(16-20)23(28)26-14-12-25(13-15-26)17-18-8-10-21(11-9-18)29-4-2/h5-11,16H,3-4,12-15,17H2,1-2H3,(H,24,27). The van der Waals surface area contributed by atoms with Crippen LogP contribution in [0.15, 0.2) is 48.5 Å². The van der Waals surface area contributed by atoms with Crippen LogP contribution in [0, 0.1) is 0 Å². The molecule has 2 aromatic rings. The maximum absolute atomic E-state index is 12.9. The number of carbonyl (C=O) groups excluding carboxylic acids is 2. The third-order valence-electron chi connectivity index (χ3n) is 5.01. The van der Waals surface area contributed by atoms with Crippen molar-refractivity contribution in [3.05, 3.63) is 59.7 Å². The molecule has 0 unspecified atom stereocenters. The highest BCUT2D eigenvalue weighted by Gasteiger charge is 2.22. The van der Waals surface area contributed by atoms with Crippen molar-refractivity contribution in [2.45, 2.75) is 26.8 Å². The highest BCUT2D eigenvalue weighted by Crippen LogP contribution is 2.17. The van der Waals surface area contributed by atoms with E-state index < -0.39 is 0 Å². The number of hydrogen-bond donors (Lipinski definition) is 1. The van der Waals surface area contributed by atoms with Gasteiger partial charge in [0.05, 0.1) is 6.61 Å². The summed E-state index contributed by atoms with van der Waals surface area (Å²) in [6, 6.07) is 15.4. The second-order valence-corrected chi connectivity index (χ2v) is 7.13. The van der Waals surface area contributed by atoms with Crippen LogP contribution in [0.2, 0.25) is 0 Å². The van der Waals surface area contributed by atoms with E-state index >= 15 is 0 Å². The summed E-state index contributed by atoms with van der Waals surface area (Å²) in [7, 11) is 0. The predicted molar refractivity (Wildman–Crippen MR) is 114 cm³/mol. The Bertz CT molecular complexity index is 828. The van der Waals surface area contributed by atoms with E-state index in [2.05, 4.69) is 22.3 Å². The molecule has 0 aromatic heterocycles. The van der Waals surface area contributed by atoms with E-state index in [-0.39, 0.29) is 11.8 Å². The normalized spacial score (nSPS) is 14.5. The van der Waals surface area contributed by atoms with Crippen LogP contribution in [0.25, 0.3) is 0 Å². The van der Waals surface area contributed by atoms with Gasteiger partial charge in [0, 0.05) is 50.4 Å². The second kappa shape index (κ2) is 10.1. The number of rotatable bonds is 7. The number of ether oxygens (including phenoxy) is 1. The van der Waals surface area contributed by atoms with E-state index in [1.165, 1.54) is 5.56 Å². The maximum Gasteiger partial charge on any atom is 0.254 e. The van der Waals surface area contributed by atoms with E-state index in [0.717, 1.165) is 25.4 Å². The number of hydrogen-bond acceptors (Lipinski definition) is 4. The summed E-state index contributed by atoms with van der Waals surface area (Å²) in [6.07, 6.45) is 0.411. The average molecular weight is 396 g/mol. The Balaban J connectivity index is 1.53. The van der Waals surface area contributed by atoms with Crippen molar-refractivity contribution in [1.29, 1.82) is 0 Å². The first-order chi connectivity index (χ1) is 14.1. The molecule has 3 rings (SSSR count). The number of carbonyl (C=O) groups is 2. The molecule has 1 N–H and O–H groups in total. The number of piperazine rings is 1. The Morgan fingerprint density at radius 3 is 2.38 bits per heavy atom. The topological polar surface area (TPSA) is 61.9 Å². The third-order valence-corrected chi connectivity index (χ3v) is 5.01. The third kappa shape index (κ3) is 5.81. The van der Waals surface area contributed by atoms with Gasteiger partial charge in [0.15, 0.2) is 0 Å². The first-order valence-corrected chi connectivity index (χ1v) is 10.2. The molecular formula is C23H29N3O3. The van der Waals surface area contributed by atoms with Gasteiger partial charge >= 0.3 is 0 Å². The molecule has 0 atom stereocenters. The quantitative estimate of drug-likeness (QED) is 0.781. The summed E-state index contributed by atoms with van der Waals surface area (Å²) in [4.78, 5) is 28.7. The number of anilines is 1. The number of benzene rings is 2. The fourth-order valence-corrected chi connectivity index (χ4v) is 3.39. The van der Waals surface area contributed by atoms with Gasteiger partial charge in [-0.25, -0.2) is 0 Å². The average Bonchev–Trinajstić information content (AvgIpc) is 2.75. The Morgan fingerprint density at radius 1 is 1.00 bits per heavy atom. The highest BCUT2D eigenvalue weighted by atomic mass is 16.5. The van der Waals surface area contributed by atoms with Crippen LogP contribution in [-0.4, -0.2) is 54.4 Å². The van der Waals surface area contributed by atoms with Crippen LogP contribution < -0.4 is 10.1 Å². The van der Waals surface area contributed by atoms with Crippen molar-refractivity contribution in [2.24, 2.45) is 0 Å². The van der Waals surface area contributed by atoms with Gasteiger partial charge in [0.25, 0.3) is 5.91 Å². The molecule has 29 heavy (non-hydrogen) atoms. The van der Waals surface area contributed by atoms with E-state index in [4.69, 9.17) is 4.74 Å². The lowest BCUT2D eigenvalue weighted by Crippen LogP contribution is -2.48. The van der Waals surface area contributed by atoms with Crippen molar-refractivity contribution in [1.82, 2.24) is 9.80 Å². The Morgan fingerprint density at radius 2 is 1.72 bits per heavy atom. The molecule has 0 bridgehead atoms. The zero-order valence-electron chi connectivity index (χ0n) is 17.2. The van der Waals surface area contributed by atoms with Gasteiger partial charge in [0.2, 0.25) is 5.91 Å². The van der Waals surface area contributed by atoms with Crippen molar-refractivity contribution in [3.8, 4) is 5.75 Å². The van der Waals surface area contributed by atoms with Gasteiger partial charge in [-0.15, -0.1) is 0 Å². The molecule has 1 fully saturated rings. The molecular weight excluding hydrogens is 366 g/mol. The number of nitrogens with zero attached hydrogens (tertiary/aromatic N) is 2. The van der Waals surface area contributed by atoms with Crippen molar-refractivity contribution in [2.75, 3.05) is 38.1 Å². The molecule has 0 aliphatic carbocycles. The zero-order chi connectivity index (χ0) is 20.6. The van der Waals surface area contributed by atoms with Gasteiger partial charge in [-0.05, 0) is 42.8 Å². The van der Waals surface area contributed by atoms with Gasteiger partial charge < -0.3 is 15.0 Å². The lowest BCUT2D eigenvalue weighted by molar-refractivity contribution is -0.115.